The molecule has 20 heavy (non-hydrogen) atoms. The summed E-state index contributed by atoms with van der Waals surface area (Å²) in [4.78, 5) is 3.85. The first-order chi connectivity index (χ1) is 9.65. The van der Waals surface area contributed by atoms with Crippen molar-refractivity contribution < 1.29 is 0 Å². The minimum atomic E-state index is 0.513. The van der Waals surface area contributed by atoms with Gasteiger partial charge in [0.1, 0.15) is 0 Å². The van der Waals surface area contributed by atoms with Crippen molar-refractivity contribution in [2.24, 2.45) is 5.73 Å². The zero-order valence-electron chi connectivity index (χ0n) is 13.5. The molecular formula is C17H30N2S. The number of rotatable bonds is 9. The largest absolute Gasteiger partial charge is 0.369 e. The molecule has 0 atom stereocenters. The summed E-state index contributed by atoms with van der Waals surface area (Å²) in [5.74, 6) is 1.09. The molecule has 0 fully saturated rings. The fraction of sp³-hybridized carbons (Fsp3) is 0.647. The molecule has 0 spiro atoms. The van der Waals surface area contributed by atoms with Crippen LogP contribution < -0.4 is 10.6 Å². The van der Waals surface area contributed by atoms with E-state index < -0.39 is 0 Å². The third-order valence-electron chi connectivity index (χ3n) is 3.55. The van der Waals surface area contributed by atoms with E-state index in [0.29, 0.717) is 12.6 Å². The van der Waals surface area contributed by atoms with Gasteiger partial charge in [0.15, 0.2) is 0 Å². The number of nitrogens with zero attached hydrogens (tertiary/aromatic N) is 1. The van der Waals surface area contributed by atoms with Crippen molar-refractivity contribution in [2.45, 2.75) is 64.4 Å². The van der Waals surface area contributed by atoms with Gasteiger partial charge in [0.2, 0.25) is 0 Å². The average Bonchev–Trinajstić information content (AvgIpc) is 2.43. The van der Waals surface area contributed by atoms with Gasteiger partial charge in [0.25, 0.3) is 0 Å². The Morgan fingerprint density at radius 1 is 1.20 bits per heavy atom. The Labute approximate surface area is 129 Å². The molecule has 0 saturated heterocycles. The molecule has 0 radical (unpaired) electrons. The zero-order valence-corrected chi connectivity index (χ0v) is 14.3. The van der Waals surface area contributed by atoms with Gasteiger partial charge in [-0.15, -0.1) is 11.8 Å². The molecule has 2 nitrogen and oxygen atoms in total. The van der Waals surface area contributed by atoms with Gasteiger partial charge in [-0.25, -0.2) is 0 Å². The normalized spacial score (nSPS) is 11.1. The van der Waals surface area contributed by atoms with Crippen LogP contribution in [-0.2, 0) is 6.54 Å². The summed E-state index contributed by atoms with van der Waals surface area (Å²) in [5.41, 5.74) is 8.67. The topological polar surface area (TPSA) is 29.3 Å². The number of hydrogen-bond donors (Lipinski definition) is 1. The Bertz CT molecular complexity index is 391. The Morgan fingerprint density at radius 2 is 1.95 bits per heavy atom. The minimum Gasteiger partial charge on any atom is -0.369 e. The lowest BCUT2D eigenvalue weighted by Crippen LogP contribution is -2.33. The maximum atomic E-state index is 6.03. The number of thioether (sulfide) groups is 1. The fourth-order valence-electron chi connectivity index (χ4n) is 2.51. The number of hydrogen-bond acceptors (Lipinski definition) is 3. The summed E-state index contributed by atoms with van der Waals surface area (Å²) < 4.78 is 0. The predicted octanol–water partition coefficient (Wildman–Crippen LogP) is 4.66. The summed E-state index contributed by atoms with van der Waals surface area (Å²) in [6.07, 6.45) is 3.82. The molecule has 0 aliphatic heterocycles. The van der Waals surface area contributed by atoms with E-state index in [0.717, 1.165) is 12.3 Å². The van der Waals surface area contributed by atoms with Gasteiger partial charge in [0.05, 0.1) is 0 Å². The number of benzene rings is 1. The smallest absolute Gasteiger partial charge is 0.0425 e. The second-order valence-electron chi connectivity index (χ2n) is 5.39. The third kappa shape index (κ3) is 4.71. The lowest BCUT2D eigenvalue weighted by atomic mass is 10.1. The quantitative estimate of drug-likeness (QED) is 0.530. The molecule has 0 amide bonds. The van der Waals surface area contributed by atoms with Crippen molar-refractivity contribution in [3.8, 4) is 0 Å². The molecular weight excluding hydrogens is 264 g/mol. The highest BCUT2D eigenvalue weighted by molar-refractivity contribution is 7.99. The maximum Gasteiger partial charge on any atom is 0.0425 e. The van der Waals surface area contributed by atoms with Crippen LogP contribution in [0.4, 0.5) is 5.69 Å². The Balaban J connectivity index is 3.02. The predicted molar refractivity (Wildman–Crippen MR) is 92.7 cm³/mol. The van der Waals surface area contributed by atoms with E-state index in [2.05, 4.69) is 50.8 Å². The molecule has 0 aromatic heterocycles. The molecule has 1 aromatic rings. The lowest BCUT2D eigenvalue weighted by Gasteiger charge is -2.31. The van der Waals surface area contributed by atoms with Crippen LogP contribution in [0.3, 0.4) is 0 Å². The molecule has 0 heterocycles. The lowest BCUT2D eigenvalue weighted by molar-refractivity contribution is 0.623. The standard InChI is InChI=1S/C17H30N2S/c1-5-7-8-12-19(14(3)4)16-10-9-11-17(20-6-2)15(16)13-18/h9-11,14H,5-8,12-13,18H2,1-4H3. The van der Waals surface area contributed by atoms with Crippen LogP contribution in [0.5, 0.6) is 0 Å². The molecule has 1 rings (SSSR count). The molecule has 0 saturated carbocycles. The van der Waals surface area contributed by atoms with Gasteiger partial charge in [-0.1, -0.05) is 32.8 Å². The summed E-state index contributed by atoms with van der Waals surface area (Å²) in [6.45, 7) is 10.7. The highest BCUT2D eigenvalue weighted by Crippen LogP contribution is 2.31. The minimum absolute atomic E-state index is 0.513. The monoisotopic (exact) mass is 294 g/mol. The number of nitrogens with two attached hydrogens (primary N) is 1. The van der Waals surface area contributed by atoms with Crippen LogP contribution in [0.1, 0.15) is 52.5 Å². The van der Waals surface area contributed by atoms with E-state index in [9.17, 15) is 0 Å². The highest BCUT2D eigenvalue weighted by atomic mass is 32.2. The summed E-state index contributed by atoms with van der Waals surface area (Å²) in [5, 5.41) is 0. The molecule has 0 aliphatic carbocycles. The van der Waals surface area contributed by atoms with E-state index in [-0.39, 0.29) is 0 Å². The van der Waals surface area contributed by atoms with Crippen LogP contribution >= 0.6 is 11.8 Å². The first-order valence-corrected chi connectivity index (χ1v) is 8.85. The van der Waals surface area contributed by atoms with Crippen LogP contribution in [0.15, 0.2) is 23.1 Å². The summed E-state index contributed by atoms with van der Waals surface area (Å²) in [7, 11) is 0. The molecule has 3 heteroatoms. The van der Waals surface area contributed by atoms with Crippen molar-refractivity contribution in [1.29, 1.82) is 0 Å². The van der Waals surface area contributed by atoms with Gasteiger partial charge >= 0.3 is 0 Å². The van der Waals surface area contributed by atoms with Crippen LogP contribution in [0, 0.1) is 0 Å². The molecule has 1 aromatic carbocycles. The third-order valence-corrected chi connectivity index (χ3v) is 4.53. The van der Waals surface area contributed by atoms with Crippen LogP contribution in [0.2, 0.25) is 0 Å². The second kappa shape index (κ2) is 9.30. The number of unbranched alkanes of at least 4 members (excludes halogenated alkanes) is 2. The van der Waals surface area contributed by atoms with Gasteiger partial charge in [-0.2, -0.15) is 0 Å². The first-order valence-electron chi connectivity index (χ1n) is 7.87. The Morgan fingerprint density at radius 3 is 2.50 bits per heavy atom. The van der Waals surface area contributed by atoms with Gasteiger partial charge < -0.3 is 10.6 Å². The van der Waals surface area contributed by atoms with E-state index in [4.69, 9.17) is 5.73 Å². The molecule has 0 bridgehead atoms. The van der Waals surface area contributed by atoms with Gasteiger partial charge in [-0.3, -0.25) is 0 Å². The first kappa shape index (κ1) is 17.4. The van der Waals surface area contributed by atoms with Crippen molar-refractivity contribution in [3.05, 3.63) is 23.8 Å². The van der Waals surface area contributed by atoms with Crippen LogP contribution in [0.25, 0.3) is 0 Å². The van der Waals surface area contributed by atoms with Crippen LogP contribution in [-0.4, -0.2) is 18.3 Å². The fourth-order valence-corrected chi connectivity index (χ4v) is 3.36. The van der Waals surface area contributed by atoms with Crippen molar-refractivity contribution in [3.63, 3.8) is 0 Å². The Kier molecular flexibility index (Phi) is 8.08. The molecule has 114 valence electrons. The van der Waals surface area contributed by atoms with Crippen molar-refractivity contribution >= 4 is 17.4 Å². The van der Waals surface area contributed by atoms with Gasteiger partial charge in [0, 0.05) is 35.3 Å². The maximum absolute atomic E-state index is 6.03. The molecule has 0 unspecified atom stereocenters. The zero-order chi connectivity index (χ0) is 15.0. The number of anilines is 1. The average molecular weight is 295 g/mol. The van der Waals surface area contributed by atoms with Crippen molar-refractivity contribution in [1.82, 2.24) is 0 Å². The highest BCUT2D eigenvalue weighted by Gasteiger charge is 2.15. The van der Waals surface area contributed by atoms with Crippen molar-refractivity contribution in [2.75, 3.05) is 17.2 Å². The molecule has 0 aliphatic rings. The van der Waals surface area contributed by atoms with E-state index in [1.165, 1.54) is 35.4 Å². The Hall–Kier alpha value is -0.670. The van der Waals surface area contributed by atoms with Gasteiger partial charge in [-0.05, 0) is 38.2 Å². The van der Waals surface area contributed by atoms with E-state index >= 15 is 0 Å². The van der Waals surface area contributed by atoms with E-state index in [1.807, 2.05) is 11.8 Å². The molecule has 2 N–H and O–H groups in total. The van der Waals surface area contributed by atoms with E-state index in [1.54, 1.807) is 0 Å². The summed E-state index contributed by atoms with van der Waals surface area (Å²) >= 11 is 1.89. The summed E-state index contributed by atoms with van der Waals surface area (Å²) in [6, 6.07) is 7.11. The second-order valence-corrected chi connectivity index (χ2v) is 6.69. The SMILES string of the molecule is CCCCCN(c1cccc(SCC)c1CN)C(C)C.